The average molecular weight is 336 g/mol. The second-order valence-corrected chi connectivity index (χ2v) is 6.29. The summed E-state index contributed by atoms with van der Waals surface area (Å²) in [6, 6.07) is 5.69. The number of hydrogen-bond acceptors (Lipinski definition) is 4. The van der Waals surface area contributed by atoms with Gasteiger partial charge in [0, 0.05) is 12.8 Å². The Kier molecular flexibility index (Phi) is 10.2. The summed E-state index contributed by atoms with van der Waals surface area (Å²) in [5.74, 6) is 1.48. The number of aliphatic hydroxyl groups excluding tert-OH is 1. The highest BCUT2D eigenvalue weighted by molar-refractivity contribution is 5.79. The van der Waals surface area contributed by atoms with Gasteiger partial charge in [0.2, 0.25) is 0 Å². The number of Topliss-reactive ketones (excluding diaryl/α,β-unsaturated/α-hetero) is 1. The lowest BCUT2D eigenvalue weighted by Crippen LogP contribution is -2.14. The summed E-state index contributed by atoms with van der Waals surface area (Å²) in [4.78, 5) is 12.0. The first-order chi connectivity index (χ1) is 11.6. The molecular formula is C20H32O4. The van der Waals surface area contributed by atoms with Gasteiger partial charge in [-0.25, -0.2) is 0 Å². The number of benzene rings is 1. The fraction of sp³-hybridized carbons (Fsp3) is 0.650. The first kappa shape index (κ1) is 20.5. The third-order valence-electron chi connectivity index (χ3n) is 4.24. The van der Waals surface area contributed by atoms with Crippen LogP contribution in [0.15, 0.2) is 18.2 Å². The van der Waals surface area contributed by atoms with Crippen molar-refractivity contribution in [2.45, 2.75) is 70.8 Å². The molecule has 0 aliphatic rings. The van der Waals surface area contributed by atoms with Crippen molar-refractivity contribution in [1.29, 1.82) is 0 Å². The fourth-order valence-electron chi connectivity index (χ4n) is 2.77. The lowest BCUT2D eigenvalue weighted by atomic mass is 10.0. The van der Waals surface area contributed by atoms with Crippen molar-refractivity contribution >= 4 is 5.78 Å². The standard InChI is InChI=1S/C20H32O4/c1-4-5-6-7-8-9-17(21)15-18(22)12-10-16-11-13-19(23-2)20(14-16)24-3/h11,13-14,17,21H,4-10,12,15H2,1-3H3/t17-/m0/s1. The smallest absolute Gasteiger partial charge is 0.160 e. The molecule has 4 heteroatoms. The van der Waals surface area contributed by atoms with Crippen LogP contribution in [0.2, 0.25) is 0 Å². The van der Waals surface area contributed by atoms with Crippen LogP contribution in [-0.2, 0) is 11.2 Å². The van der Waals surface area contributed by atoms with Gasteiger partial charge in [0.15, 0.2) is 11.5 Å². The molecule has 0 unspecified atom stereocenters. The number of ketones is 1. The molecule has 1 aromatic carbocycles. The van der Waals surface area contributed by atoms with Crippen LogP contribution < -0.4 is 9.47 Å². The summed E-state index contributed by atoms with van der Waals surface area (Å²) < 4.78 is 10.5. The number of rotatable bonds is 13. The van der Waals surface area contributed by atoms with E-state index >= 15 is 0 Å². The third kappa shape index (κ3) is 7.82. The van der Waals surface area contributed by atoms with Gasteiger partial charge in [-0.15, -0.1) is 0 Å². The van der Waals surface area contributed by atoms with Gasteiger partial charge in [-0.1, -0.05) is 45.1 Å². The zero-order valence-electron chi connectivity index (χ0n) is 15.3. The summed E-state index contributed by atoms with van der Waals surface area (Å²) >= 11 is 0. The summed E-state index contributed by atoms with van der Waals surface area (Å²) in [6.45, 7) is 2.19. The van der Waals surface area contributed by atoms with E-state index in [1.807, 2.05) is 18.2 Å². The van der Waals surface area contributed by atoms with Crippen LogP contribution in [0.1, 0.15) is 63.9 Å². The number of hydrogen-bond donors (Lipinski definition) is 1. The van der Waals surface area contributed by atoms with Crippen LogP contribution in [0.25, 0.3) is 0 Å². The molecular weight excluding hydrogens is 304 g/mol. The Labute approximate surface area is 146 Å². The molecule has 0 spiro atoms. The zero-order valence-corrected chi connectivity index (χ0v) is 15.3. The number of carbonyl (C=O) groups is 1. The third-order valence-corrected chi connectivity index (χ3v) is 4.24. The zero-order chi connectivity index (χ0) is 17.8. The normalized spacial score (nSPS) is 12.0. The van der Waals surface area contributed by atoms with E-state index in [0.717, 1.165) is 24.8 Å². The molecule has 0 aliphatic heterocycles. The minimum absolute atomic E-state index is 0.117. The lowest BCUT2D eigenvalue weighted by Gasteiger charge is -2.11. The molecule has 0 aliphatic carbocycles. The van der Waals surface area contributed by atoms with Crippen LogP contribution in [0.3, 0.4) is 0 Å². The highest BCUT2D eigenvalue weighted by atomic mass is 16.5. The van der Waals surface area contributed by atoms with Crippen molar-refractivity contribution in [2.75, 3.05) is 14.2 Å². The van der Waals surface area contributed by atoms with Crippen molar-refractivity contribution in [3.63, 3.8) is 0 Å². The van der Waals surface area contributed by atoms with E-state index in [4.69, 9.17) is 9.47 Å². The Morgan fingerprint density at radius 1 is 1.08 bits per heavy atom. The lowest BCUT2D eigenvalue weighted by molar-refractivity contribution is -0.121. The second kappa shape index (κ2) is 11.9. The molecule has 0 fully saturated rings. The molecule has 0 aromatic heterocycles. The van der Waals surface area contributed by atoms with Gasteiger partial charge >= 0.3 is 0 Å². The Bertz CT molecular complexity index is 485. The first-order valence-electron chi connectivity index (χ1n) is 9.01. The molecule has 1 rings (SSSR count). The molecule has 1 aromatic rings. The average Bonchev–Trinajstić information content (AvgIpc) is 2.59. The van der Waals surface area contributed by atoms with Crippen LogP contribution in [0.4, 0.5) is 0 Å². The highest BCUT2D eigenvalue weighted by Gasteiger charge is 2.12. The molecule has 4 nitrogen and oxygen atoms in total. The van der Waals surface area contributed by atoms with E-state index in [9.17, 15) is 9.90 Å². The SMILES string of the molecule is CCCCCCC[C@H](O)CC(=O)CCc1ccc(OC)c(OC)c1. The first-order valence-corrected chi connectivity index (χ1v) is 9.01. The summed E-state index contributed by atoms with van der Waals surface area (Å²) in [5.41, 5.74) is 1.04. The number of unbranched alkanes of at least 4 members (excludes halogenated alkanes) is 4. The number of carbonyl (C=O) groups excluding carboxylic acids is 1. The van der Waals surface area contributed by atoms with Gasteiger partial charge in [-0.3, -0.25) is 4.79 Å². The van der Waals surface area contributed by atoms with Gasteiger partial charge in [0.05, 0.1) is 20.3 Å². The number of aryl methyl sites for hydroxylation is 1. The molecule has 0 radical (unpaired) electrons. The van der Waals surface area contributed by atoms with E-state index < -0.39 is 6.10 Å². The Hall–Kier alpha value is -1.55. The molecule has 0 amide bonds. The number of ether oxygens (including phenoxy) is 2. The molecule has 136 valence electrons. The van der Waals surface area contributed by atoms with Crippen molar-refractivity contribution < 1.29 is 19.4 Å². The van der Waals surface area contributed by atoms with Crippen LogP contribution in [-0.4, -0.2) is 31.2 Å². The molecule has 0 bridgehead atoms. The van der Waals surface area contributed by atoms with Gasteiger partial charge in [0.1, 0.15) is 5.78 Å². The largest absolute Gasteiger partial charge is 0.493 e. The van der Waals surface area contributed by atoms with E-state index in [1.54, 1.807) is 14.2 Å². The summed E-state index contributed by atoms with van der Waals surface area (Å²) in [7, 11) is 3.20. The van der Waals surface area contributed by atoms with Crippen LogP contribution >= 0.6 is 0 Å². The molecule has 0 heterocycles. The van der Waals surface area contributed by atoms with E-state index in [2.05, 4.69) is 6.92 Å². The fourth-order valence-corrected chi connectivity index (χ4v) is 2.77. The minimum atomic E-state index is -0.496. The van der Waals surface area contributed by atoms with E-state index in [1.165, 1.54) is 19.3 Å². The second-order valence-electron chi connectivity index (χ2n) is 6.29. The molecule has 24 heavy (non-hydrogen) atoms. The van der Waals surface area contributed by atoms with Gasteiger partial charge in [-0.05, 0) is 30.5 Å². The van der Waals surface area contributed by atoms with Crippen molar-refractivity contribution in [1.82, 2.24) is 0 Å². The predicted octanol–water partition coefficient (Wildman–Crippen LogP) is 4.32. The van der Waals surface area contributed by atoms with Crippen molar-refractivity contribution in [2.24, 2.45) is 0 Å². The highest BCUT2D eigenvalue weighted by Crippen LogP contribution is 2.28. The van der Waals surface area contributed by atoms with Crippen molar-refractivity contribution in [3.05, 3.63) is 23.8 Å². The monoisotopic (exact) mass is 336 g/mol. The van der Waals surface area contributed by atoms with E-state index in [0.29, 0.717) is 24.3 Å². The molecule has 0 saturated carbocycles. The van der Waals surface area contributed by atoms with Gasteiger partial charge in [-0.2, -0.15) is 0 Å². The predicted molar refractivity (Wildman–Crippen MR) is 96.9 cm³/mol. The maximum atomic E-state index is 12.0. The Morgan fingerprint density at radius 3 is 2.46 bits per heavy atom. The van der Waals surface area contributed by atoms with Crippen LogP contribution in [0, 0.1) is 0 Å². The Morgan fingerprint density at radius 2 is 1.79 bits per heavy atom. The van der Waals surface area contributed by atoms with Crippen molar-refractivity contribution in [3.8, 4) is 11.5 Å². The molecule has 1 N–H and O–H groups in total. The summed E-state index contributed by atoms with van der Waals surface area (Å²) in [5, 5.41) is 9.97. The summed E-state index contributed by atoms with van der Waals surface area (Å²) in [6.07, 6.45) is 7.44. The molecule has 1 atom stereocenters. The maximum Gasteiger partial charge on any atom is 0.160 e. The quantitative estimate of drug-likeness (QED) is 0.545. The topological polar surface area (TPSA) is 55.8 Å². The number of methoxy groups -OCH3 is 2. The van der Waals surface area contributed by atoms with Gasteiger partial charge in [0.25, 0.3) is 0 Å². The minimum Gasteiger partial charge on any atom is -0.493 e. The van der Waals surface area contributed by atoms with Gasteiger partial charge < -0.3 is 14.6 Å². The van der Waals surface area contributed by atoms with E-state index in [-0.39, 0.29) is 12.2 Å². The van der Waals surface area contributed by atoms with Crippen LogP contribution in [0.5, 0.6) is 11.5 Å². The number of aliphatic hydroxyl groups is 1. The Balaban J connectivity index is 2.30. The maximum absolute atomic E-state index is 12.0. The molecule has 0 saturated heterocycles.